The third-order valence-electron chi connectivity index (χ3n) is 5.18. The zero-order chi connectivity index (χ0) is 26.0. The number of nitrogens with one attached hydrogen (secondary N) is 2. The number of halogens is 1. The third-order valence-corrected chi connectivity index (χ3v) is 6.60. The predicted molar refractivity (Wildman–Crippen MR) is 149 cm³/mol. The number of hydrogen-bond donors (Lipinski definition) is 2. The molecule has 0 unspecified atom stereocenters. The molecule has 1 amide bonds. The predicted octanol–water partition coefficient (Wildman–Crippen LogP) is 4.90. The van der Waals surface area contributed by atoms with E-state index in [9.17, 15) is 4.79 Å². The van der Waals surface area contributed by atoms with Crippen LogP contribution in [0.2, 0.25) is 0 Å². The lowest BCUT2D eigenvalue weighted by Crippen LogP contribution is -2.20. The quantitative estimate of drug-likeness (QED) is 0.148. The van der Waals surface area contributed by atoms with Gasteiger partial charge < -0.3 is 14.8 Å². The first kappa shape index (κ1) is 26.2. The van der Waals surface area contributed by atoms with Crippen molar-refractivity contribution in [1.82, 2.24) is 20.2 Å². The molecule has 0 fully saturated rings. The van der Waals surface area contributed by atoms with Crippen molar-refractivity contribution in [3.8, 4) is 17.2 Å². The van der Waals surface area contributed by atoms with Gasteiger partial charge in [0, 0.05) is 15.7 Å². The number of rotatable bonds is 11. The minimum atomic E-state index is -0.272. The van der Waals surface area contributed by atoms with Gasteiger partial charge in [0.25, 0.3) is 5.91 Å². The molecule has 1 aromatic heterocycles. The molecule has 37 heavy (non-hydrogen) atoms. The number of amides is 1. The summed E-state index contributed by atoms with van der Waals surface area (Å²) in [5.41, 5.74) is 5.03. The van der Waals surface area contributed by atoms with E-state index in [1.54, 1.807) is 20.4 Å². The van der Waals surface area contributed by atoms with Crippen LogP contribution in [0, 0.1) is 0 Å². The molecule has 4 rings (SSSR count). The van der Waals surface area contributed by atoms with E-state index in [1.165, 1.54) is 11.8 Å². The Morgan fingerprint density at radius 3 is 2.57 bits per heavy atom. The molecule has 0 saturated heterocycles. The largest absolute Gasteiger partial charge is 0.496 e. The average molecular weight is 581 g/mol. The van der Waals surface area contributed by atoms with E-state index < -0.39 is 0 Å². The Bertz CT molecular complexity index is 1380. The fourth-order valence-electron chi connectivity index (χ4n) is 3.45. The fourth-order valence-corrected chi connectivity index (χ4v) is 4.59. The summed E-state index contributed by atoms with van der Waals surface area (Å²) in [6, 6.07) is 23.0. The molecule has 2 N–H and O–H groups in total. The fraction of sp³-hybridized carbons (Fsp3) is 0.154. The Balaban J connectivity index is 1.44. The van der Waals surface area contributed by atoms with E-state index in [0.717, 1.165) is 27.2 Å². The zero-order valence-electron chi connectivity index (χ0n) is 20.2. The van der Waals surface area contributed by atoms with Crippen molar-refractivity contribution in [2.24, 2.45) is 5.10 Å². The Morgan fingerprint density at radius 1 is 1.03 bits per heavy atom. The molecule has 0 atom stereocenters. The van der Waals surface area contributed by atoms with Crippen LogP contribution in [0.1, 0.15) is 11.4 Å². The van der Waals surface area contributed by atoms with Gasteiger partial charge in [0.2, 0.25) is 0 Å². The number of carbonyl (C=O) groups is 1. The third kappa shape index (κ3) is 6.89. The number of benzene rings is 3. The maximum absolute atomic E-state index is 12.5. The highest BCUT2D eigenvalue weighted by molar-refractivity contribution is 9.10. The second-order valence-corrected chi connectivity index (χ2v) is 9.45. The number of ether oxygens (including phenoxy) is 2. The van der Waals surface area contributed by atoms with Gasteiger partial charge in [-0.3, -0.25) is 9.36 Å². The van der Waals surface area contributed by atoms with E-state index in [1.807, 2.05) is 77.4 Å². The monoisotopic (exact) mass is 580 g/mol. The molecule has 0 saturated carbocycles. The summed E-state index contributed by atoms with van der Waals surface area (Å²) < 4.78 is 13.6. The second-order valence-electron chi connectivity index (χ2n) is 7.59. The standard InChI is InChI=1S/C26H25BrN6O3S/c1-35-22-13-12-19(27)14-18(22)15-29-31-25(34)17-37-26-32-30-24(33(26)20-8-4-3-5-9-20)16-28-21-10-6-7-11-23(21)36-2/h3-15,28H,16-17H2,1-2H3,(H,31,34). The van der Waals surface area contributed by atoms with Crippen LogP contribution in [0.4, 0.5) is 5.69 Å². The summed E-state index contributed by atoms with van der Waals surface area (Å²) >= 11 is 4.70. The van der Waals surface area contributed by atoms with E-state index >= 15 is 0 Å². The van der Waals surface area contributed by atoms with Gasteiger partial charge in [0.05, 0.1) is 38.4 Å². The zero-order valence-corrected chi connectivity index (χ0v) is 22.6. The van der Waals surface area contributed by atoms with Crippen LogP contribution >= 0.6 is 27.7 Å². The van der Waals surface area contributed by atoms with Crippen molar-refractivity contribution < 1.29 is 14.3 Å². The number of thioether (sulfide) groups is 1. The van der Waals surface area contributed by atoms with E-state index in [2.05, 4.69) is 42.0 Å². The van der Waals surface area contributed by atoms with Gasteiger partial charge in [-0.1, -0.05) is 58.0 Å². The topological polar surface area (TPSA) is 103 Å². The molecule has 0 aliphatic rings. The lowest BCUT2D eigenvalue weighted by Gasteiger charge is -2.13. The van der Waals surface area contributed by atoms with Crippen molar-refractivity contribution in [3.63, 3.8) is 0 Å². The average Bonchev–Trinajstić information content (AvgIpc) is 3.34. The lowest BCUT2D eigenvalue weighted by molar-refractivity contribution is -0.118. The van der Waals surface area contributed by atoms with E-state index in [0.29, 0.717) is 23.3 Å². The molecule has 3 aromatic carbocycles. The highest BCUT2D eigenvalue weighted by atomic mass is 79.9. The highest BCUT2D eigenvalue weighted by Gasteiger charge is 2.16. The molecule has 190 valence electrons. The van der Waals surface area contributed by atoms with Gasteiger partial charge in [0.15, 0.2) is 11.0 Å². The van der Waals surface area contributed by atoms with Gasteiger partial charge in [-0.05, 0) is 42.5 Å². The van der Waals surface area contributed by atoms with Crippen molar-refractivity contribution in [2.45, 2.75) is 11.7 Å². The smallest absolute Gasteiger partial charge is 0.250 e. The summed E-state index contributed by atoms with van der Waals surface area (Å²) in [4.78, 5) is 12.5. The van der Waals surface area contributed by atoms with Gasteiger partial charge in [0.1, 0.15) is 11.5 Å². The molecular formula is C26H25BrN6O3S. The van der Waals surface area contributed by atoms with Crippen LogP contribution in [0.3, 0.4) is 0 Å². The molecule has 0 spiro atoms. The van der Waals surface area contributed by atoms with Crippen LogP contribution in [0.15, 0.2) is 87.5 Å². The molecule has 11 heteroatoms. The number of hydrazone groups is 1. The number of hydrogen-bond acceptors (Lipinski definition) is 8. The van der Waals surface area contributed by atoms with Gasteiger partial charge >= 0.3 is 0 Å². The molecule has 4 aromatic rings. The summed E-state index contributed by atoms with van der Waals surface area (Å²) in [5, 5.41) is 16.7. The Kier molecular flexibility index (Phi) is 9.17. The van der Waals surface area contributed by atoms with Crippen LogP contribution in [-0.4, -0.2) is 46.9 Å². The normalized spacial score (nSPS) is 10.9. The number of nitrogens with zero attached hydrogens (tertiary/aromatic N) is 4. The van der Waals surface area contributed by atoms with Gasteiger partial charge in [-0.2, -0.15) is 5.10 Å². The number of carbonyl (C=O) groups excluding carboxylic acids is 1. The highest BCUT2D eigenvalue weighted by Crippen LogP contribution is 2.26. The molecule has 9 nitrogen and oxygen atoms in total. The maximum atomic E-state index is 12.5. The second kappa shape index (κ2) is 12.9. The Labute approximate surface area is 227 Å². The molecule has 0 radical (unpaired) electrons. The Hall–Kier alpha value is -3.83. The molecule has 0 aliphatic carbocycles. The number of anilines is 1. The number of methoxy groups -OCH3 is 2. The maximum Gasteiger partial charge on any atom is 0.250 e. The van der Waals surface area contributed by atoms with Crippen molar-refractivity contribution in [3.05, 3.63) is 88.7 Å². The molecule has 1 heterocycles. The number of para-hydroxylation sites is 3. The molecule has 0 bridgehead atoms. The first-order chi connectivity index (χ1) is 18.1. The first-order valence-corrected chi connectivity index (χ1v) is 13.0. The van der Waals surface area contributed by atoms with Crippen LogP contribution in [-0.2, 0) is 11.3 Å². The van der Waals surface area contributed by atoms with Crippen LogP contribution in [0.5, 0.6) is 11.5 Å². The molecule has 0 aliphatic heterocycles. The van der Waals surface area contributed by atoms with Crippen molar-refractivity contribution in [2.75, 3.05) is 25.3 Å². The van der Waals surface area contributed by atoms with Gasteiger partial charge in [-0.25, -0.2) is 5.43 Å². The summed E-state index contributed by atoms with van der Waals surface area (Å²) in [7, 11) is 3.21. The van der Waals surface area contributed by atoms with Crippen LogP contribution < -0.4 is 20.2 Å². The van der Waals surface area contributed by atoms with E-state index in [-0.39, 0.29) is 11.7 Å². The minimum Gasteiger partial charge on any atom is -0.496 e. The van der Waals surface area contributed by atoms with Gasteiger partial charge in [-0.15, -0.1) is 10.2 Å². The van der Waals surface area contributed by atoms with Crippen molar-refractivity contribution in [1.29, 1.82) is 0 Å². The molecular weight excluding hydrogens is 556 g/mol. The lowest BCUT2D eigenvalue weighted by atomic mass is 10.2. The summed E-state index contributed by atoms with van der Waals surface area (Å²) in [5.74, 6) is 1.92. The van der Waals surface area contributed by atoms with E-state index in [4.69, 9.17) is 9.47 Å². The SMILES string of the molecule is COc1ccc(Br)cc1C=NNC(=O)CSc1nnc(CNc2ccccc2OC)n1-c1ccccc1. The first-order valence-electron chi connectivity index (χ1n) is 11.2. The van der Waals surface area contributed by atoms with Crippen molar-refractivity contribution >= 4 is 45.5 Å². The minimum absolute atomic E-state index is 0.109. The summed E-state index contributed by atoms with van der Waals surface area (Å²) in [6.07, 6.45) is 1.54. The summed E-state index contributed by atoms with van der Waals surface area (Å²) in [6.45, 7) is 0.411. The Morgan fingerprint density at radius 2 is 1.78 bits per heavy atom. The number of aromatic nitrogens is 3. The van der Waals surface area contributed by atoms with Crippen LogP contribution in [0.25, 0.3) is 5.69 Å².